The Balaban J connectivity index is 1.96. The van der Waals surface area contributed by atoms with E-state index in [1.165, 1.54) is 26.2 Å². The van der Waals surface area contributed by atoms with E-state index in [9.17, 15) is 17.6 Å². The Morgan fingerprint density at radius 2 is 1.76 bits per heavy atom. The molecule has 0 aliphatic heterocycles. The molecule has 0 atom stereocenters. The molecule has 0 saturated heterocycles. The van der Waals surface area contributed by atoms with Gasteiger partial charge in [0.1, 0.15) is 30.5 Å². The lowest BCUT2D eigenvalue weighted by molar-refractivity contribution is -0.119. The van der Waals surface area contributed by atoms with Crippen LogP contribution in [0.15, 0.2) is 48.5 Å². The number of amides is 1. The number of carbonyl (C=O) groups excluding carboxylic acids is 1. The average Bonchev–Trinajstić information content (AvgIpc) is 2.70. The van der Waals surface area contributed by atoms with Gasteiger partial charge in [0.25, 0.3) is 0 Å². The predicted molar refractivity (Wildman–Crippen MR) is 108 cm³/mol. The van der Waals surface area contributed by atoms with E-state index >= 15 is 0 Å². The number of methoxy groups -OCH3 is 1. The fourth-order valence-electron chi connectivity index (χ4n) is 2.35. The van der Waals surface area contributed by atoms with Gasteiger partial charge in [0.05, 0.1) is 19.3 Å². The van der Waals surface area contributed by atoms with Crippen LogP contribution in [0.25, 0.3) is 0 Å². The highest BCUT2D eigenvalue weighted by Gasteiger charge is 2.27. The summed E-state index contributed by atoms with van der Waals surface area (Å²) in [6.45, 7) is -0.0868. The Hall–Kier alpha value is -2.85. The van der Waals surface area contributed by atoms with Crippen molar-refractivity contribution in [3.8, 4) is 11.5 Å². The van der Waals surface area contributed by atoms with Gasteiger partial charge in [-0.25, -0.2) is 8.70 Å². The first-order valence-corrected chi connectivity index (χ1v) is 10.1. The van der Waals surface area contributed by atoms with Crippen molar-refractivity contribution in [2.75, 3.05) is 45.2 Å². The van der Waals surface area contributed by atoms with E-state index in [1.807, 2.05) is 0 Å². The van der Waals surface area contributed by atoms with Gasteiger partial charge in [0.2, 0.25) is 5.91 Å². The molecule has 2 rings (SSSR count). The Labute approximate surface area is 170 Å². The zero-order valence-corrected chi connectivity index (χ0v) is 17.3. The van der Waals surface area contributed by atoms with Gasteiger partial charge in [-0.1, -0.05) is 6.07 Å². The normalized spacial score (nSPS) is 11.2. The molecule has 0 bridgehead atoms. The Morgan fingerprint density at radius 3 is 2.38 bits per heavy atom. The van der Waals surface area contributed by atoms with Crippen LogP contribution in [0.5, 0.6) is 11.5 Å². The fourth-order valence-corrected chi connectivity index (χ4v) is 3.41. The molecule has 2 aromatic carbocycles. The molecule has 0 spiro atoms. The van der Waals surface area contributed by atoms with Crippen LogP contribution < -0.4 is 19.1 Å². The number of benzene rings is 2. The smallest absolute Gasteiger partial charge is 0.304 e. The topological polar surface area (TPSA) is 88.2 Å². The van der Waals surface area contributed by atoms with Crippen LogP contribution in [0.4, 0.5) is 10.1 Å². The number of nitrogens with one attached hydrogen (secondary N) is 1. The van der Waals surface area contributed by atoms with Gasteiger partial charge in [0, 0.05) is 20.2 Å². The van der Waals surface area contributed by atoms with E-state index in [2.05, 4.69) is 5.32 Å². The Bertz CT molecular complexity index is 920. The summed E-state index contributed by atoms with van der Waals surface area (Å²) in [5.41, 5.74) is 0.183. The number of hydrogen-bond acceptors (Lipinski definition) is 5. The van der Waals surface area contributed by atoms with E-state index in [-0.39, 0.29) is 18.8 Å². The quantitative estimate of drug-likeness (QED) is 0.585. The molecule has 1 amide bonds. The molecule has 0 aromatic heterocycles. The molecule has 0 fully saturated rings. The van der Waals surface area contributed by atoms with Crippen LogP contribution in [0.3, 0.4) is 0 Å². The third-order valence-corrected chi connectivity index (χ3v) is 5.70. The molecule has 10 heteroatoms. The van der Waals surface area contributed by atoms with Gasteiger partial charge in [-0.05, 0) is 36.4 Å². The third kappa shape index (κ3) is 6.33. The molecule has 0 unspecified atom stereocenters. The van der Waals surface area contributed by atoms with E-state index in [0.717, 1.165) is 20.7 Å². The zero-order chi connectivity index (χ0) is 21.4. The minimum Gasteiger partial charge on any atom is -0.497 e. The van der Waals surface area contributed by atoms with E-state index in [1.54, 1.807) is 31.4 Å². The second-order valence-electron chi connectivity index (χ2n) is 6.15. The molecule has 158 valence electrons. The van der Waals surface area contributed by atoms with Crippen LogP contribution in [0.2, 0.25) is 0 Å². The van der Waals surface area contributed by atoms with Crippen LogP contribution in [0.1, 0.15) is 0 Å². The van der Waals surface area contributed by atoms with E-state index < -0.39 is 28.5 Å². The lowest BCUT2D eigenvalue weighted by atomic mass is 10.3. The monoisotopic (exact) mass is 425 g/mol. The van der Waals surface area contributed by atoms with Gasteiger partial charge < -0.3 is 14.8 Å². The average molecular weight is 425 g/mol. The molecule has 2 aromatic rings. The Kier molecular flexibility index (Phi) is 7.80. The maximum Gasteiger partial charge on any atom is 0.304 e. The van der Waals surface area contributed by atoms with Gasteiger partial charge in [0.15, 0.2) is 0 Å². The second-order valence-corrected chi connectivity index (χ2v) is 8.22. The number of ether oxygens (including phenoxy) is 2. The summed E-state index contributed by atoms with van der Waals surface area (Å²) in [6.07, 6.45) is 0. The summed E-state index contributed by atoms with van der Waals surface area (Å²) >= 11 is 0. The summed E-state index contributed by atoms with van der Waals surface area (Å²) in [6, 6.07) is 11.9. The highest BCUT2D eigenvalue weighted by Crippen LogP contribution is 2.20. The molecule has 0 aliphatic carbocycles. The molecule has 29 heavy (non-hydrogen) atoms. The SMILES string of the molecule is COc1cccc(OCCNC(=O)CN(c2ccc(F)cc2)S(=O)(=O)N(C)C)c1. The summed E-state index contributed by atoms with van der Waals surface area (Å²) in [5, 5.41) is 2.61. The fraction of sp³-hybridized carbons (Fsp3) is 0.316. The van der Waals surface area contributed by atoms with Crippen molar-refractivity contribution in [3.63, 3.8) is 0 Å². The molecular formula is C19H24FN3O5S. The van der Waals surface area contributed by atoms with Crippen LogP contribution in [0, 0.1) is 5.82 Å². The van der Waals surface area contributed by atoms with Crippen molar-refractivity contribution in [2.24, 2.45) is 0 Å². The molecule has 1 N–H and O–H groups in total. The molecule has 0 radical (unpaired) electrons. The maximum atomic E-state index is 13.2. The Morgan fingerprint density at radius 1 is 1.10 bits per heavy atom. The first-order chi connectivity index (χ1) is 13.7. The van der Waals surface area contributed by atoms with Crippen molar-refractivity contribution in [1.82, 2.24) is 9.62 Å². The molecule has 0 aliphatic rings. The lowest BCUT2D eigenvalue weighted by Crippen LogP contribution is -2.46. The summed E-state index contributed by atoms with van der Waals surface area (Å²) in [7, 11) is 0.312. The zero-order valence-electron chi connectivity index (χ0n) is 16.5. The number of anilines is 1. The highest BCUT2D eigenvalue weighted by molar-refractivity contribution is 7.90. The van der Waals surface area contributed by atoms with Gasteiger partial charge in [-0.15, -0.1) is 0 Å². The molecule has 0 heterocycles. The van der Waals surface area contributed by atoms with Crippen LogP contribution >= 0.6 is 0 Å². The largest absolute Gasteiger partial charge is 0.497 e. The standard InChI is InChI=1S/C19H24FN3O5S/c1-22(2)29(25,26)23(16-9-7-15(20)8-10-16)14-19(24)21-11-12-28-18-6-4-5-17(13-18)27-3/h4-10,13H,11-12,14H2,1-3H3,(H,21,24). The number of carbonyl (C=O) groups is 1. The third-order valence-electron chi connectivity index (χ3n) is 3.88. The van der Waals surface area contributed by atoms with Gasteiger partial charge >= 0.3 is 10.2 Å². The van der Waals surface area contributed by atoms with Crippen molar-refractivity contribution >= 4 is 21.8 Å². The second kappa shape index (κ2) is 10.1. The number of rotatable bonds is 10. The van der Waals surface area contributed by atoms with Crippen molar-refractivity contribution < 1.29 is 27.1 Å². The first kappa shape index (κ1) is 22.4. The minimum absolute atomic E-state index is 0.176. The number of nitrogens with zero attached hydrogens (tertiary/aromatic N) is 2. The van der Waals surface area contributed by atoms with Gasteiger partial charge in [-0.2, -0.15) is 12.7 Å². The molecule has 8 nitrogen and oxygen atoms in total. The molecular weight excluding hydrogens is 401 g/mol. The predicted octanol–water partition coefficient (Wildman–Crippen LogP) is 1.64. The number of hydrogen-bond donors (Lipinski definition) is 1. The maximum absolute atomic E-state index is 13.2. The van der Waals surface area contributed by atoms with Crippen LogP contribution in [-0.4, -0.2) is 59.5 Å². The summed E-state index contributed by atoms with van der Waals surface area (Å²) < 4.78 is 50.8. The molecule has 0 saturated carbocycles. The van der Waals surface area contributed by atoms with Crippen molar-refractivity contribution in [1.29, 1.82) is 0 Å². The van der Waals surface area contributed by atoms with Crippen LogP contribution in [-0.2, 0) is 15.0 Å². The van der Waals surface area contributed by atoms with E-state index in [4.69, 9.17) is 9.47 Å². The van der Waals surface area contributed by atoms with Crippen molar-refractivity contribution in [3.05, 3.63) is 54.3 Å². The van der Waals surface area contributed by atoms with E-state index in [0.29, 0.717) is 11.5 Å². The highest BCUT2D eigenvalue weighted by atomic mass is 32.2. The lowest BCUT2D eigenvalue weighted by Gasteiger charge is -2.26. The number of halogens is 1. The first-order valence-electron chi connectivity index (χ1n) is 8.73. The van der Waals surface area contributed by atoms with Crippen molar-refractivity contribution in [2.45, 2.75) is 0 Å². The summed E-state index contributed by atoms with van der Waals surface area (Å²) in [4.78, 5) is 12.3. The van der Waals surface area contributed by atoms with Gasteiger partial charge in [-0.3, -0.25) is 4.79 Å². The minimum atomic E-state index is -3.94. The summed E-state index contributed by atoms with van der Waals surface area (Å²) in [5.74, 6) is 0.209.